The van der Waals surface area contributed by atoms with Crippen molar-refractivity contribution in [2.45, 2.75) is 36.9 Å². The number of fused-ring (bicyclic) bond motifs is 1. The Morgan fingerprint density at radius 3 is 2.36 bits per heavy atom. The number of oxazole rings is 1. The summed E-state index contributed by atoms with van der Waals surface area (Å²) >= 11 is 0. The minimum absolute atomic E-state index is 0.0495. The van der Waals surface area contributed by atoms with Crippen LogP contribution in [0.25, 0.3) is 11.1 Å². The highest BCUT2D eigenvalue weighted by Gasteiger charge is 2.32. The van der Waals surface area contributed by atoms with E-state index in [2.05, 4.69) is 15.6 Å². The molecule has 0 aliphatic carbocycles. The molecule has 39 heavy (non-hydrogen) atoms. The molecule has 12 heteroatoms. The van der Waals surface area contributed by atoms with Crippen LogP contribution in [0.4, 0.5) is 11.4 Å². The maximum absolute atomic E-state index is 13.4. The highest BCUT2D eigenvalue weighted by Crippen LogP contribution is 2.27. The Morgan fingerprint density at radius 1 is 1.00 bits per heavy atom. The molecule has 0 aliphatic heterocycles. The van der Waals surface area contributed by atoms with Crippen molar-refractivity contribution in [3.8, 4) is 0 Å². The topological polar surface area (TPSA) is 162 Å². The smallest absolute Gasteiger partial charge is 0.292 e. The van der Waals surface area contributed by atoms with Gasteiger partial charge in [0, 0.05) is 6.07 Å². The van der Waals surface area contributed by atoms with E-state index in [0.29, 0.717) is 16.7 Å². The van der Waals surface area contributed by atoms with Gasteiger partial charge in [0.25, 0.3) is 11.6 Å². The summed E-state index contributed by atoms with van der Waals surface area (Å²) in [5, 5.41) is 15.2. The van der Waals surface area contributed by atoms with Crippen LogP contribution in [-0.4, -0.2) is 41.4 Å². The number of hydrogen-bond donors (Lipinski definition) is 2. The number of para-hydroxylation sites is 4. The summed E-state index contributed by atoms with van der Waals surface area (Å²) in [5.41, 5.74) is 1.01. The van der Waals surface area contributed by atoms with Crippen molar-refractivity contribution < 1.29 is 27.3 Å². The molecule has 1 aromatic heterocycles. The molecule has 2 atom stereocenters. The Hall–Kier alpha value is -4.58. The van der Waals surface area contributed by atoms with Crippen molar-refractivity contribution in [2.75, 3.05) is 5.32 Å². The van der Waals surface area contributed by atoms with E-state index in [-0.39, 0.29) is 23.7 Å². The third-order valence-electron chi connectivity index (χ3n) is 6.00. The van der Waals surface area contributed by atoms with Crippen LogP contribution < -0.4 is 10.6 Å². The molecule has 1 heterocycles. The third kappa shape index (κ3) is 6.65. The number of Topliss-reactive ketones (excluding diaryl/α,β-unsaturated/α-hetero) is 1. The molecule has 1 amide bonds. The van der Waals surface area contributed by atoms with Crippen LogP contribution >= 0.6 is 0 Å². The van der Waals surface area contributed by atoms with Crippen LogP contribution in [0.5, 0.6) is 0 Å². The number of anilines is 1. The molecule has 11 nitrogen and oxygen atoms in total. The number of nitrogens with one attached hydrogen (secondary N) is 2. The van der Waals surface area contributed by atoms with Crippen LogP contribution in [0.15, 0.2) is 83.3 Å². The molecular weight excluding hydrogens is 524 g/mol. The molecule has 202 valence electrons. The first kappa shape index (κ1) is 27.5. The molecule has 0 aliphatic rings. The number of hydrogen-bond acceptors (Lipinski definition) is 9. The van der Waals surface area contributed by atoms with Crippen LogP contribution in [0, 0.1) is 10.1 Å². The van der Waals surface area contributed by atoms with Gasteiger partial charge in [-0.05, 0) is 30.2 Å². The number of ketones is 1. The first-order valence-corrected chi connectivity index (χ1v) is 13.8. The molecule has 4 aromatic rings. The van der Waals surface area contributed by atoms with Crippen molar-refractivity contribution >= 4 is 44.0 Å². The molecule has 2 N–H and O–H groups in total. The number of nitro benzene ring substituents is 1. The lowest BCUT2D eigenvalue weighted by atomic mass is 10.1. The van der Waals surface area contributed by atoms with Crippen LogP contribution in [0.1, 0.15) is 36.0 Å². The lowest BCUT2D eigenvalue weighted by molar-refractivity contribution is -0.384. The predicted molar refractivity (Wildman–Crippen MR) is 145 cm³/mol. The molecule has 0 unspecified atom stereocenters. The number of carbonyl (C=O) groups excluding carboxylic acids is 2. The highest BCUT2D eigenvalue weighted by atomic mass is 32.2. The van der Waals surface area contributed by atoms with E-state index in [4.69, 9.17) is 4.42 Å². The number of benzene rings is 3. The summed E-state index contributed by atoms with van der Waals surface area (Å²) in [6, 6.07) is 19.8. The van der Waals surface area contributed by atoms with Crippen LogP contribution in [-0.2, 0) is 20.4 Å². The summed E-state index contributed by atoms with van der Waals surface area (Å²) in [4.78, 5) is 41.2. The first-order valence-electron chi connectivity index (χ1n) is 12.1. The number of nitro groups is 1. The summed E-state index contributed by atoms with van der Waals surface area (Å²) in [6.07, 6.45) is -0.402. The Balaban J connectivity index is 1.56. The maximum Gasteiger partial charge on any atom is 0.292 e. The van der Waals surface area contributed by atoms with Gasteiger partial charge in [0.2, 0.25) is 11.7 Å². The van der Waals surface area contributed by atoms with Gasteiger partial charge >= 0.3 is 0 Å². The van der Waals surface area contributed by atoms with E-state index < -0.39 is 50.0 Å². The lowest BCUT2D eigenvalue weighted by Gasteiger charge is -2.21. The second kappa shape index (κ2) is 11.9. The molecule has 0 saturated carbocycles. The normalized spacial score (nSPS) is 12.9. The number of nitrogens with zero attached hydrogens (tertiary/aromatic N) is 2. The van der Waals surface area contributed by atoms with Gasteiger partial charge < -0.3 is 15.1 Å². The number of amides is 1. The van der Waals surface area contributed by atoms with E-state index >= 15 is 0 Å². The Bertz CT molecular complexity index is 1570. The van der Waals surface area contributed by atoms with Crippen LogP contribution in [0.3, 0.4) is 0 Å². The van der Waals surface area contributed by atoms with Gasteiger partial charge in [-0.3, -0.25) is 19.7 Å². The van der Waals surface area contributed by atoms with Crippen molar-refractivity contribution in [1.29, 1.82) is 0 Å². The molecule has 0 bridgehead atoms. The van der Waals surface area contributed by atoms with Gasteiger partial charge in [0.05, 0.1) is 23.1 Å². The summed E-state index contributed by atoms with van der Waals surface area (Å²) < 4.78 is 32.4. The second-order valence-corrected chi connectivity index (χ2v) is 11.0. The SMILES string of the molecule is CC[C@H](NC(=O)C[C@H](Nc1ccccc1[N+](=O)[O-])S(=O)(=O)Cc1ccccc1)C(=O)c1nc2ccccc2o1. The van der Waals surface area contributed by atoms with Gasteiger partial charge in [-0.25, -0.2) is 13.4 Å². The van der Waals surface area contributed by atoms with Crippen LogP contribution in [0.2, 0.25) is 0 Å². The molecule has 4 rings (SSSR count). The number of aromatic nitrogens is 1. The summed E-state index contributed by atoms with van der Waals surface area (Å²) in [7, 11) is -4.05. The molecule has 0 radical (unpaired) electrons. The molecule has 0 fully saturated rings. The van der Waals surface area contributed by atoms with Gasteiger partial charge in [0.15, 0.2) is 15.4 Å². The first-order chi connectivity index (χ1) is 18.7. The van der Waals surface area contributed by atoms with E-state index in [1.165, 1.54) is 24.3 Å². The number of carbonyl (C=O) groups is 2. The lowest BCUT2D eigenvalue weighted by Crippen LogP contribution is -2.44. The standard InChI is InChI=1S/C27H26N4O7S/c1-2-19(26(33)27-30-21-13-7-9-15-23(21)38-27)28-24(32)16-25(29-20-12-6-8-14-22(20)31(34)35)39(36,37)17-18-10-4-3-5-11-18/h3-15,19,25,29H,2,16-17H2,1H3,(H,28,32)/t19-,25+/m0/s1. The largest absolute Gasteiger partial charge is 0.434 e. The zero-order valence-corrected chi connectivity index (χ0v) is 21.8. The summed E-state index contributed by atoms with van der Waals surface area (Å²) in [6.45, 7) is 1.68. The zero-order chi connectivity index (χ0) is 28.0. The Morgan fingerprint density at radius 2 is 1.67 bits per heavy atom. The molecule has 0 spiro atoms. The number of sulfone groups is 1. The molecule has 0 saturated heterocycles. The van der Waals surface area contributed by atoms with E-state index in [9.17, 15) is 28.1 Å². The Kier molecular flexibility index (Phi) is 8.35. The highest BCUT2D eigenvalue weighted by molar-refractivity contribution is 7.91. The average molecular weight is 551 g/mol. The van der Waals surface area contributed by atoms with E-state index in [1.807, 2.05) is 0 Å². The zero-order valence-electron chi connectivity index (χ0n) is 20.9. The van der Waals surface area contributed by atoms with Crippen molar-refractivity contribution in [3.63, 3.8) is 0 Å². The van der Waals surface area contributed by atoms with Crippen molar-refractivity contribution in [3.05, 3.63) is 100 Å². The number of rotatable bonds is 12. The van der Waals surface area contributed by atoms with Crippen molar-refractivity contribution in [1.82, 2.24) is 10.3 Å². The van der Waals surface area contributed by atoms with Gasteiger partial charge in [0.1, 0.15) is 16.6 Å². The second-order valence-electron chi connectivity index (χ2n) is 8.78. The fraction of sp³-hybridized carbons (Fsp3) is 0.222. The minimum Gasteiger partial charge on any atom is -0.434 e. The molecular formula is C27H26N4O7S. The monoisotopic (exact) mass is 550 g/mol. The molecule has 3 aromatic carbocycles. The fourth-order valence-corrected chi connectivity index (χ4v) is 5.57. The Labute approximate surface area is 224 Å². The summed E-state index contributed by atoms with van der Waals surface area (Å²) in [5.74, 6) is -1.87. The average Bonchev–Trinajstić information content (AvgIpc) is 3.36. The fourth-order valence-electron chi connectivity index (χ4n) is 4.00. The van der Waals surface area contributed by atoms with E-state index in [1.54, 1.807) is 61.5 Å². The maximum atomic E-state index is 13.4. The van der Waals surface area contributed by atoms with Crippen molar-refractivity contribution in [2.24, 2.45) is 0 Å². The quantitative estimate of drug-likeness (QED) is 0.149. The van der Waals surface area contributed by atoms with Gasteiger partial charge in [-0.1, -0.05) is 61.5 Å². The minimum atomic E-state index is -4.05. The van der Waals surface area contributed by atoms with Gasteiger partial charge in [-0.15, -0.1) is 0 Å². The third-order valence-corrected chi connectivity index (χ3v) is 7.88. The van der Waals surface area contributed by atoms with Gasteiger partial charge in [-0.2, -0.15) is 0 Å². The van der Waals surface area contributed by atoms with E-state index in [0.717, 1.165) is 0 Å². The predicted octanol–water partition coefficient (Wildman–Crippen LogP) is 4.26.